The van der Waals surface area contributed by atoms with Gasteiger partial charge in [0.05, 0.1) is 16.8 Å². The van der Waals surface area contributed by atoms with Crippen molar-refractivity contribution in [3.05, 3.63) is 30.1 Å². The third-order valence-electron chi connectivity index (χ3n) is 5.10. The van der Waals surface area contributed by atoms with Gasteiger partial charge in [-0.15, -0.1) is 0 Å². The summed E-state index contributed by atoms with van der Waals surface area (Å²) in [5.74, 6) is 2.77. The van der Waals surface area contributed by atoms with Crippen LogP contribution in [0.5, 0.6) is 0 Å². The van der Waals surface area contributed by atoms with Crippen LogP contribution in [-0.4, -0.2) is 27.8 Å². The van der Waals surface area contributed by atoms with Crippen molar-refractivity contribution in [2.75, 3.05) is 6.26 Å². The van der Waals surface area contributed by atoms with Crippen LogP contribution >= 0.6 is 11.8 Å². The predicted molar refractivity (Wildman–Crippen MR) is 101 cm³/mol. The number of para-hydroxylation sites is 2. The summed E-state index contributed by atoms with van der Waals surface area (Å²) in [6.07, 6.45) is 8.05. The Morgan fingerprint density at radius 3 is 2.75 bits per heavy atom. The Balaban J connectivity index is 1.68. The van der Waals surface area contributed by atoms with E-state index < -0.39 is 0 Å². The van der Waals surface area contributed by atoms with Gasteiger partial charge in [0.2, 0.25) is 5.91 Å². The lowest BCUT2D eigenvalue weighted by molar-refractivity contribution is -0.122. The highest BCUT2D eigenvalue weighted by Crippen LogP contribution is 2.26. The minimum Gasteiger partial charge on any atom is -0.352 e. The molecule has 0 atom stereocenters. The molecule has 1 N–H and O–H groups in total. The zero-order valence-electron chi connectivity index (χ0n) is 14.6. The van der Waals surface area contributed by atoms with Crippen LogP contribution in [0.4, 0.5) is 0 Å². The van der Waals surface area contributed by atoms with E-state index in [4.69, 9.17) is 0 Å². The van der Waals surface area contributed by atoms with Crippen LogP contribution in [0, 0.1) is 5.92 Å². The standard InChI is InChI=1S/C19H27N3OS/c1-3-14-8-10-15(11-9-14)20-19(23)12-22-17-7-5-4-6-16(17)21-18(22)13-24-2/h4-7,14-15H,3,8-13H2,1-2H3,(H,20,23). The second-order valence-corrected chi connectivity index (χ2v) is 7.60. The molecule has 0 unspecified atom stereocenters. The molecule has 1 heterocycles. The highest BCUT2D eigenvalue weighted by Gasteiger charge is 2.22. The molecule has 5 heteroatoms. The van der Waals surface area contributed by atoms with E-state index in [2.05, 4.69) is 28.0 Å². The number of hydrogen-bond donors (Lipinski definition) is 1. The van der Waals surface area contributed by atoms with Gasteiger partial charge in [0.25, 0.3) is 0 Å². The van der Waals surface area contributed by atoms with Crippen molar-refractivity contribution in [1.82, 2.24) is 14.9 Å². The normalized spacial score (nSPS) is 21.1. The van der Waals surface area contributed by atoms with E-state index in [9.17, 15) is 4.79 Å². The van der Waals surface area contributed by atoms with Gasteiger partial charge in [-0.25, -0.2) is 4.98 Å². The molecule has 1 fully saturated rings. The van der Waals surface area contributed by atoms with Crippen molar-refractivity contribution in [2.24, 2.45) is 5.92 Å². The number of carbonyl (C=O) groups is 1. The van der Waals surface area contributed by atoms with Crippen molar-refractivity contribution >= 4 is 28.7 Å². The molecule has 1 aromatic carbocycles. The average molecular weight is 346 g/mol. The van der Waals surface area contributed by atoms with E-state index in [1.54, 1.807) is 11.8 Å². The van der Waals surface area contributed by atoms with Crippen LogP contribution in [0.3, 0.4) is 0 Å². The summed E-state index contributed by atoms with van der Waals surface area (Å²) in [5.41, 5.74) is 2.02. The van der Waals surface area contributed by atoms with Crippen molar-refractivity contribution < 1.29 is 4.79 Å². The van der Waals surface area contributed by atoms with E-state index in [1.165, 1.54) is 19.3 Å². The van der Waals surface area contributed by atoms with Gasteiger partial charge in [0, 0.05) is 6.04 Å². The van der Waals surface area contributed by atoms with Crippen molar-refractivity contribution in [2.45, 2.75) is 57.4 Å². The quantitative estimate of drug-likeness (QED) is 0.861. The topological polar surface area (TPSA) is 46.9 Å². The summed E-state index contributed by atoms with van der Waals surface area (Å²) in [5, 5.41) is 3.24. The van der Waals surface area contributed by atoms with Crippen LogP contribution < -0.4 is 5.32 Å². The van der Waals surface area contributed by atoms with Crippen LogP contribution in [0.15, 0.2) is 24.3 Å². The van der Waals surface area contributed by atoms with Crippen LogP contribution in [0.1, 0.15) is 44.9 Å². The highest BCUT2D eigenvalue weighted by molar-refractivity contribution is 7.97. The lowest BCUT2D eigenvalue weighted by Gasteiger charge is -2.28. The maximum absolute atomic E-state index is 12.6. The molecule has 1 amide bonds. The molecule has 1 aliphatic carbocycles. The van der Waals surface area contributed by atoms with E-state index in [0.29, 0.717) is 12.6 Å². The molecule has 24 heavy (non-hydrogen) atoms. The molecule has 1 aliphatic rings. The summed E-state index contributed by atoms with van der Waals surface area (Å²) in [6.45, 7) is 2.63. The van der Waals surface area contributed by atoms with E-state index in [-0.39, 0.29) is 5.91 Å². The average Bonchev–Trinajstić information content (AvgIpc) is 2.93. The van der Waals surface area contributed by atoms with Gasteiger partial charge in [-0.3, -0.25) is 4.79 Å². The van der Waals surface area contributed by atoms with Gasteiger partial charge in [-0.2, -0.15) is 11.8 Å². The van der Waals surface area contributed by atoms with Crippen molar-refractivity contribution in [1.29, 1.82) is 0 Å². The van der Waals surface area contributed by atoms with Gasteiger partial charge >= 0.3 is 0 Å². The SMILES string of the molecule is CCC1CCC(NC(=O)Cn2c(CSC)nc3ccccc32)CC1. The number of nitrogens with zero attached hydrogens (tertiary/aromatic N) is 2. The number of hydrogen-bond acceptors (Lipinski definition) is 3. The van der Waals surface area contributed by atoms with Crippen molar-refractivity contribution in [3.63, 3.8) is 0 Å². The lowest BCUT2D eigenvalue weighted by Crippen LogP contribution is -2.39. The number of thioether (sulfide) groups is 1. The second-order valence-electron chi connectivity index (χ2n) is 6.73. The van der Waals surface area contributed by atoms with Crippen LogP contribution in [-0.2, 0) is 17.1 Å². The summed E-state index contributed by atoms with van der Waals surface area (Å²) >= 11 is 1.73. The van der Waals surface area contributed by atoms with Crippen LogP contribution in [0.25, 0.3) is 11.0 Å². The number of benzene rings is 1. The zero-order chi connectivity index (χ0) is 16.9. The molecule has 0 spiro atoms. The van der Waals surface area contributed by atoms with E-state index >= 15 is 0 Å². The van der Waals surface area contributed by atoms with E-state index in [1.807, 2.05) is 24.3 Å². The van der Waals surface area contributed by atoms with Crippen LogP contribution in [0.2, 0.25) is 0 Å². The molecule has 0 bridgehead atoms. The molecule has 3 rings (SSSR count). The highest BCUT2D eigenvalue weighted by atomic mass is 32.2. The van der Waals surface area contributed by atoms with E-state index in [0.717, 1.165) is 41.4 Å². The monoisotopic (exact) mass is 345 g/mol. The predicted octanol–water partition coefficient (Wildman–Crippen LogP) is 3.98. The Bertz CT molecular complexity index is 689. The molecule has 2 aromatic rings. The molecule has 1 aromatic heterocycles. The Labute approximate surface area is 148 Å². The maximum atomic E-state index is 12.6. The summed E-state index contributed by atoms with van der Waals surface area (Å²) < 4.78 is 2.07. The first-order chi connectivity index (χ1) is 11.7. The van der Waals surface area contributed by atoms with Gasteiger partial charge < -0.3 is 9.88 Å². The number of rotatable bonds is 6. The lowest BCUT2D eigenvalue weighted by atomic mass is 9.84. The Morgan fingerprint density at radius 2 is 2.04 bits per heavy atom. The smallest absolute Gasteiger partial charge is 0.240 e. The minimum absolute atomic E-state index is 0.112. The number of carbonyl (C=O) groups excluding carboxylic acids is 1. The third-order valence-corrected chi connectivity index (χ3v) is 5.64. The molecule has 0 aliphatic heterocycles. The largest absolute Gasteiger partial charge is 0.352 e. The molecular formula is C19H27N3OS. The number of imidazole rings is 1. The summed E-state index contributed by atoms with van der Waals surface area (Å²) in [4.78, 5) is 17.2. The fourth-order valence-electron chi connectivity index (χ4n) is 3.67. The summed E-state index contributed by atoms with van der Waals surface area (Å²) in [7, 11) is 0. The van der Waals surface area contributed by atoms with Gasteiger partial charge in [-0.05, 0) is 50.0 Å². The minimum atomic E-state index is 0.112. The first-order valence-corrected chi connectivity index (χ1v) is 10.3. The Hall–Kier alpha value is -1.49. The first kappa shape index (κ1) is 17.3. The number of fused-ring (bicyclic) bond motifs is 1. The number of amides is 1. The second kappa shape index (κ2) is 8.06. The fraction of sp³-hybridized carbons (Fsp3) is 0.579. The molecule has 4 nitrogen and oxygen atoms in total. The molecular weight excluding hydrogens is 318 g/mol. The van der Waals surface area contributed by atoms with Crippen molar-refractivity contribution in [3.8, 4) is 0 Å². The van der Waals surface area contributed by atoms with Gasteiger partial charge in [0.15, 0.2) is 0 Å². The fourth-order valence-corrected chi connectivity index (χ4v) is 4.15. The number of aromatic nitrogens is 2. The number of nitrogens with one attached hydrogen (secondary N) is 1. The Kier molecular flexibility index (Phi) is 5.82. The maximum Gasteiger partial charge on any atom is 0.240 e. The molecule has 0 saturated heterocycles. The summed E-state index contributed by atoms with van der Waals surface area (Å²) in [6, 6.07) is 8.41. The van der Waals surface area contributed by atoms with Gasteiger partial charge in [0.1, 0.15) is 12.4 Å². The molecule has 130 valence electrons. The zero-order valence-corrected chi connectivity index (χ0v) is 15.4. The molecule has 0 radical (unpaired) electrons. The Morgan fingerprint density at radius 1 is 1.29 bits per heavy atom. The third kappa shape index (κ3) is 3.94. The first-order valence-electron chi connectivity index (χ1n) is 8.93. The molecule has 1 saturated carbocycles. The van der Waals surface area contributed by atoms with Gasteiger partial charge in [-0.1, -0.05) is 25.5 Å².